The smallest absolute Gasteiger partial charge is 0.253 e. The number of carbonyl (C=O) groups excluding carboxylic acids is 2. The fraction of sp³-hybridized carbons (Fsp3) is 0.571. The number of anilines is 1. The van der Waals surface area contributed by atoms with Gasteiger partial charge in [-0.25, -0.2) is 4.98 Å². The fourth-order valence-electron chi connectivity index (χ4n) is 4.79. The average molecular weight is 400 g/mol. The van der Waals surface area contributed by atoms with Crippen LogP contribution in [-0.2, 0) is 9.53 Å². The van der Waals surface area contributed by atoms with Gasteiger partial charge >= 0.3 is 0 Å². The van der Waals surface area contributed by atoms with Crippen LogP contribution in [0.3, 0.4) is 0 Å². The molecule has 0 radical (unpaired) electrons. The van der Waals surface area contributed by atoms with Crippen molar-refractivity contribution in [2.45, 2.75) is 44.6 Å². The highest BCUT2D eigenvalue weighted by atomic mass is 32.1. The molecule has 28 heavy (non-hydrogen) atoms. The molecule has 1 aromatic carbocycles. The molecule has 7 heteroatoms. The zero-order chi connectivity index (χ0) is 19.3. The summed E-state index contributed by atoms with van der Waals surface area (Å²) in [5.41, 5.74) is 1.96. The molecule has 1 saturated heterocycles. The maximum Gasteiger partial charge on any atom is 0.253 e. The summed E-state index contributed by atoms with van der Waals surface area (Å²) in [4.78, 5) is 31.7. The molecule has 2 saturated carbocycles. The standard InChI is InChI=1S/C21H25N3O3S/c1-27-15-5-3-13(9-15)18(25)23-20-22-16-6-4-14(10-17(16)28-20)19(26)24-11-21(12-24)7-2-8-21/h4,6,10,13,15H,2-3,5,7-9,11-12H2,1H3,(H,22,23,25). The van der Waals surface area contributed by atoms with Crippen molar-refractivity contribution in [2.24, 2.45) is 11.3 Å². The Morgan fingerprint density at radius 1 is 1.29 bits per heavy atom. The van der Waals surface area contributed by atoms with Crippen molar-refractivity contribution >= 4 is 38.5 Å². The molecule has 5 rings (SSSR count). The summed E-state index contributed by atoms with van der Waals surface area (Å²) in [5, 5.41) is 3.56. The molecule has 2 aliphatic carbocycles. The highest BCUT2D eigenvalue weighted by Crippen LogP contribution is 2.48. The molecule has 1 N–H and O–H groups in total. The molecular formula is C21H25N3O3S. The van der Waals surface area contributed by atoms with E-state index < -0.39 is 0 Å². The first-order valence-corrected chi connectivity index (χ1v) is 10.9. The quantitative estimate of drug-likeness (QED) is 0.851. The van der Waals surface area contributed by atoms with E-state index in [9.17, 15) is 9.59 Å². The number of hydrogen-bond donors (Lipinski definition) is 1. The number of nitrogens with zero attached hydrogens (tertiary/aromatic N) is 2. The first kappa shape index (κ1) is 18.1. The summed E-state index contributed by atoms with van der Waals surface area (Å²) in [7, 11) is 1.70. The Bertz CT molecular complexity index is 928. The number of methoxy groups -OCH3 is 1. The van der Waals surface area contributed by atoms with Crippen LogP contribution in [0.2, 0.25) is 0 Å². The third-order valence-corrected chi connectivity index (χ3v) is 7.64. The number of nitrogens with one attached hydrogen (secondary N) is 1. The van der Waals surface area contributed by atoms with Crippen LogP contribution in [0.25, 0.3) is 10.2 Å². The van der Waals surface area contributed by atoms with Crippen LogP contribution in [0.5, 0.6) is 0 Å². The van der Waals surface area contributed by atoms with E-state index in [-0.39, 0.29) is 23.8 Å². The predicted molar refractivity (Wildman–Crippen MR) is 109 cm³/mol. The van der Waals surface area contributed by atoms with E-state index in [0.29, 0.717) is 16.1 Å². The molecule has 1 aromatic heterocycles. The normalized spacial score (nSPS) is 25.5. The number of rotatable bonds is 4. The van der Waals surface area contributed by atoms with E-state index in [0.717, 1.165) is 42.6 Å². The molecule has 2 atom stereocenters. The minimum absolute atomic E-state index is 0.0145. The lowest BCUT2D eigenvalue weighted by molar-refractivity contribution is -0.119. The molecule has 148 valence electrons. The summed E-state index contributed by atoms with van der Waals surface area (Å²) in [6, 6.07) is 5.64. The number of hydrogen-bond acceptors (Lipinski definition) is 5. The zero-order valence-electron chi connectivity index (χ0n) is 16.1. The highest BCUT2D eigenvalue weighted by molar-refractivity contribution is 7.22. The van der Waals surface area contributed by atoms with E-state index in [1.54, 1.807) is 7.11 Å². The van der Waals surface area contributed by atoms with E-state index in [4.69, 9.17) is 4.74 Å². The van der Waals surface area contributed by atoms with Crippen LogP contribution in [-0.4, -0.2) is 48.0 Å². The van der Waals surface area contributed by atoms with Gasteiger partial charge in [0.15, 0.2) is 5.13 Å². The second-order valence-electron chi connectivity index (χ2n) is 8.57. The maximum atomic E-state index is 12.7. The number of aromatic nitrogens is 1. The van der Waals surface area contributed by atoms with Gasteiger partial charge < -0.3 is 15.0 Å². The number of carbonyl (C=O) groups is 2. The Morgan fingerprint density at radius 3 is 2.79 bits per heavy atom. The molecule has 2 heterocycles. The van der Waals surface area contributed by atoms with Gasteiger partial charge in [0.05, 0.1) is 16.3 Å². The number of thiazole rings is 1. The second-order valence-corrected chi connectivity index (χ2v) is 9.60. The Kier molecular flexibility index (Phi) is 4.39. The topological polar surface area (TPSA) is 71.5 Å². The summed E-state index contributed by atoms with van der Waals surface area (Å²) < 4.78 is 6.29. The number of likely N-dealkylation sites (tertiary alicyclic amines) is 1. The van der Waals surface area contributed by atoms with Crippen molar-refractivity contribution in [2.75, 3.05) is 25.5 Å². The van der Waals surface area contributed by atoms with Gasteiger partial charge in [-0.15, -0.1) is 0 Å². The van der Waals surface area contributed by atoms with E-state index >= 15 is 0 Å². The third-order valence-electron chi connectivity index (χ3n) is 6.71. The van der Waals surface area contributed by atoms with E-state index in [2.05, 4.69) is 10.3 Å². The number of benzene rings is 1. The maximum absolute atomic E-state index is 12.7. The van der Waals surface area contributed by atoms with Crippen molar-refractivity contribution in [3.05, 3.63) is 23.8 Å². The Balaban J connectivity index is 1.26. The predicted octanol–water partition coefficient (Wildman–Crippen LogP) is 3.68. The van der Waals surface area contributed by atoms with Crippen LogP contribution < -0.4 is 5.32 Å². The third kappa shape index (κ3) is 3.10. The van der Waals surface area contributed by atoms with Crippen LogP contribution in [0.1, 0.15) is 48.9 Å². The molecule has 2 amide bonds. The number of amides is 2. The molecular weight excluding hydrogens is 374 g/mol. The van der Waals surface area contributed by atoms with Gasteiger partial charge in [0.25, 0.3) is 5.91 Å². The largest absolute Gasteiger partial charge is 0.381 e. The summed E-state index contributed by atoms with van der Waals surface area (Å²) >= 11 is 1.43. The van der Waals surface area contributed by atoms with Crippen LogP contribution in [0, 0.1) is 11.3 Å². The highest BCUT2D eigenvalue weighted by Gasteiger charge is 2.49. The first-order valence-electron chi connectivity index (χ1n) is 10.1. The van der Waals surface area contributed by atoms with Gasteiger partial charge in [0.2, 0.25) is 5.91 Å². The molecule has 1 spiro atoms. The lowest BCUT2D eigenvalue weighted by Gasteiger charge is -2.55. The van der Waals surface area contributed by atoms with Gasteiger partial charge in [-0.05, 0) is 50.3 Å². The monoisotopic (exact) mass is 399 g/mol. The summed E-state index contributed by atoms with van der Waals surface area (Å²) in [6.07, 6.45) is 6.56. The molecule has 0 bridgehead atoms. The molecule has 6 nitrogen and oxygen atoms in total. The lowest BCUT2D eigenvalue weighted by atomic mass is 9.63. The van der Waals surface area contributed by atoms with Crippen molar-refractivity contribution in [1.29, 1.82) is 0 Å². The first-order chi connectivity index (χ1) is 13.5. The zero-order valence-corrected chi connectivity index (χ0v) is 16.9. The summed E-state index contributed by atoms with van der Waals surface area (Å²) in [6.45, 7) is 1.80. The minimum atomic E-state index is -0.0145. The molecule has 2 unspecified atom stereocenters. The van der Waals surface area contributed by atoms with Gasteiger partial charge in [-0.1, -0.05) is 17.8 Å². The van der Waals surface area contributed by atoms with Crippen LogP contribution in [0.4, 0.5) is 5.13 Å². The van der Waals surface area contributed by atoms with E-state index in [1.807, 2.05) is 23.1 Å². The number of ether oxygens (including phenoxy) is 1. The van der Waals surface area contributed by atoms with Crippen LogP contribution in [0.15, 0.2) is 18.2 Å². The summed E-state index contributed by atoms with van der Waals surface area (Å²) in [5.74, 6) is 0.107. The van der Waals surface area contributed by atoms with Crippen molar-refractivity contribution in [1.82, 2.24) is 9.88 Å². The Hall–Kier alpha value is -1.99. The van der Waals surface area contributed by atoms with Crippen molar-refractivity contribution < 1.29 is 14.3 Å². The van der Waals surface area contributed by atoms with Gasteiger partial charge in [0.1, 0.15) is 0 Å². The molecule has 2 aromatic rings. The SMILES string of the molecule is COC1CCC(C(=O)Nc2nc3ccc(C(=O)N4CC5(CCC5)C4)cc3s2)C1. The van der Waals surface area contributed by atoms with Crippen molar-refractivity contribution in [3.8, 4) is 0 Å². The van der Waals surface area contributed by atoms with Gasteiger partial charge in [-0.2, -0.15) is 0 Å². The Morgan fingerprint density at radius 2 is 2.11 bits per heavy atom. The van der Waals surface area contributed by atoms with Crippen molar-refractivity contribution in [3.63, 3.8) is 0 Å². The molecule has 3 aliphatic rings. The van der Waals surface area contributed by atoms with Gasteiger partial charge in [0, 0.05) is 37.1 Å². The lowest BCUT2D eigenvalue weighted by Crippen LogP contribution is -2.61. The molecule has 1 aliphatic heterocycles. The fourth-order valence-corrected chi connectivity index (χ4v) is 5.70. The van der Waals surface area contributed by atoms with E-state index in [1.165, 1.54) is 30.6 Å². The second kappa shape index (κ2) is 6.81. The molecule has 3 fully saturated rings. The van der Waals surface area contributed by atoms with Crippen LogP contribution >= 0.6 is 11.3 Å². The minimum Gasteiger partial charge on any atom is -0.381 e. The average Bonchev–Trinajstić information content (AvgIpc) is 3.24. The number of fused-ring (bicyclic) bond motifs is 1. The van der Waals surface area contributed by atoms with Gasteiger partial charge in [-0.3, -0.25) is 9.59 Å². The Labute approximate surface area is 168 Å².